The molecule has 1 heterocycles. The molecule has 2 aromatic rings. The van der Waals surface area contributed by atoms with Crippen molar-refractivity contribution in [2.75, 3.05) is 13.2 Å². The second-order valence-corrected chi connectivity index (χ2v) is 5.88. The molecule has 2 aromatic carbocycles. The highest BCUT2D eigenvalue weighted by Crippen LogP contribution is 2.37. The van der Waals surface area contributed by atoms with Crippen molar-refractivity contribution in [2.45, 2.75) is 6.04 Å². The first-order valence-electron chi connectivity index (χ1n) is 6.50. The van der Waals surface area contributed by atoms with Crippen molar-refractivity contribution < 1.29 is 9.47 Å². The summed E-state index contributed by atoms with van der Waals surface area (Å²) in [6.45, 7) is 1.12. The molecular weight excluding hydrogens is 356 g/mol. The number of rotatable bonds is 3. The molecule has 1 aliphatic rings. The van der Waals surface area contributed by atoms with Gasteiger partial charge >= 0.3 is 0 Å². The van der Waals surface area contributed by atoms with E-state index >= 15 is 0 Å². The van der Waals surface area contributed by atoms with Crippen molar-refractivity contribution in [3.8, 4) is 11.5 Å². The van der Waals surface area contributed by atoms with Crippen LogP contribution >= 0.6 is 27.5 Å². The molecular formula is C15H14BrClN2O2. The number of nitrogens with two attached hydrogens (primary N) is 1. The number of hydrogen-bond acceptors (Lipinski definition) is 4. The Labute approximate surface area is 136 Å². The lowest BCUT2D eigenvalue weighted by atomic mass is 9.98. The second-order valence-electron chi connectivity index (χ2n) is 4.65. The predicted octanol–water partition coefficient (Wildman–Crippen LogP) is 3.43. The Hall–Kier alpha value is -1.27. The van der Waals surface area contributed by atoms with E-state index in [4.69, 9.17) is 26.9 Å². The molecule has 0 saturated carbocycles. The molecule has 6 heteroatoms. The lowest BCUT2D eigenvalue weighted by molar-refractivity contribution is 0.171. The first kappa shape index (κ1) is 14.7. The fraction of sp³-hybridized carbons (Fsp3) is 0.200. The highest BCUT2D eigenvalue weighted by Gasteiger charge is 2.20. The molecule has 1 aliphatic heterocycles. The van der Waals surface area contributed by atoms with Gasteiger partial charge in [-0.2, -0.15) is 0 Å². The van der Waals surface area contributed by atoms with Crippen LogP contribution in [0, 0.1) is 0 Å². The standard InChI is InChI=1S/C15H14BrClN2O2/c16-11-3-1-2-10(14(11)17)15(19-18)9-4-5-12-13(8-9)21-7-6-20-12/h1-5,8,15,19H,6-7,18H2. The van der Waals surface area contributed by atoms with Crippen LogP contribution in [-0.4, -0.2) is 13.2 Å². The largest absolute Gasteiger partial charge is 0.486 e. The molecule has 0 amide bonds. The van der Waals surface area contributed by atoms with E-state index in [9.17, 15) is 0 Å². The summed E-state index contributed by atoms with van der Waals surface area (Å²) in [5.41, 5.74) is 4.66. The van der Waals surface area contributed by atoms with Crippen molar-refractivity contribution in [3.63, 3.8) is 0 Å². The van der Waals surface area contributed by atoms with E-state index in [0.717, 1.165) is 27.1 Å². The third-order valence-corrected chi connectivity index (χ3v) is 4.67. The van der Waals surface area contributed by atoms with Crippen molar-refractivity contribution >= 4 is 27.5 Å². The summed E-state index contributed by atoms with van der Waals surface area (Å²) in [6, 6.07) is 11.3. The fourth-order valence-corrected chi connectivity index (χ4v) is 2.97. The molecule has 0 bridgehead atoms. The molecule has 1 atom stereocenters. The normalized spacial score (nSPS) is 14.8. The van der Waals surface area contributed by atoms with Gasteiger partial charge in [-0.3, -0.25) is 5.84 Å². The quantitative estimate of drug-likeness (QED) is 0.643. The smallest absolute Gasteiger partial charge is 0.161 e. The maximum atomic E-state index is 6.36. The Bertz CT molecular complexity index is 666. The Morgan fingerprint density at radius 3 is 2.67 bits per heavy atom. The highest BCUT2D eigenvalue weighted by molar-refractivity contribution is 9.10. The minimum atomic E-state index is -0.231. The zero-order valence-corrected chi connectivity index (χ0v) is 13.4. The van der Waals surface area contributed by atoms with E-state index in [1.807, 2.05) is 36.4 Å². The summed E-state index contributed by atoms with van der Waals surface area (Å²) in [4.78, 5) is 0. The van der Waals surface area contributed by atoms with E-state index in [1.165, 1.54) is 0 Å². The van der Waals surface area contributed by atoms with Gasteiger partial charge in [0.15, 0.2) is 11.5 Å². The van der Waals surface area contributed by atoms with Gasteiger partial charge in [-0.1, -0.05) is 29.8 Å². The minimum Gasteiger partial charge on any atom is -0.486 e. The average molecular weight is 370 g/mol. The fourth-order valence-electron chi connectivity index (χ4n) is 2.35. The van der Waals surface area contributed by atoms with E-state index in [0.29, 0.717) is 18.2 Å². The molecule has 21 heavy (non-hydrogen) atoms. The Morgan fingerprint density at radius 2 is 1.90 bits per heavy atom. The molecule has 1 unspecified atom stereocenters. The molecule has 4 nitrogen and oxygen atoms in total. The number of nitrogens with one attached hydrogen (secondary N) is 1. The van der Waals surface area contributed by atoms with Crippen LogP contribution < -0.4 is 20.7 Å². The van der Waals surface area contributed by atoms with Gasteiger partial charge in [0, 0.05) is 4.47 Å². The Kier molecular flexibility index (Phi) is 4.35. The average Bonchev–Trinajstić information content (AvgIpc) is 2.52. The summed E-state index contributed by atoms with van der Waals surface area (Å²) in [6.07, 6.45) is 0. The van der Waals surface area contributed by atoms with Gasteiger partial charge in [0.05, 0.1) is 11.1 Å². The highest BCUT2D eigenvalue weighted by atomic mass is 79.9. The van der Waals surface area contributed by atoms with Crippen LogP contribution in [0.5, 0.6) is 11.5 Å². The number of ether oxygens (including phenoxy) is 2. The summed E-state index contributed by atoms with van der Waals surface area (Å²) in [5.74, 6) is 7.21. The zero-order valence-electron chi connectivity index (χ0n) is 11.1. The molecule has 0 aliphatic carbocycles. The van der Waals surface area contributed by atoms with Crippen LogP contribution in [0.4, 0.5) is 0 Å². The lowest BCUT2D eigenvalue weighted by Crippen LogP contribution is -2.29. The third kappa shape index (κ3) is 2.87. The van der Waals surface area contributed by atoms with Gasteiger partial charge in [-0.15, -0.1) is 0 Å². The van der Waals surface area contributed by atoms with Crippen LogP contribution in [0.2, 0.25) is 5.02 Å². The topological polar surface area (TPSA) is 56.5 Å². The van der Waals surface area contributed by atoms with Gasteiger partial charge < -0.3 is 9.47 Å². The summed E-state index contributed by atoms with van der Waals surface area (Å²) in [7, 11) is 0. The SMILES string of the molecule is NNC(c1ccc2c(c1)OCCO2)c1cccc(Br)c1Cl. The maximum absolute atomic E-state index is 6.36. The number of hydrazine groups is 1. The van der Waals surface area contributed by atoms with Gasteiger partial charge in [0.1, 0.15) is 13.2 Å². The van der Waals surface area contributed by atoms with Crippen LogP contribution in [-0.2, 0) is 0 Å². The molecule has 0 spiro atoms. The lowest BCUT2D eigenvalue weighted by Gasteiger charge is -2.23. The number of fused-ring (bicyclic) bond motifs is 1. The van der Waals surface area contributed by atoms with Gasteiger partial charge in [0.25, 0.3) is 0 Å². The monoisotopic (exact) mass is 368 g/mol. The molecule has 110 valence electrons. The summed E-state index contributed by atoms with van der Waals surface area (Å²) >= 11 is 9.79. The summed E-state index contributed by atoms with van der Waals surface area (Å²) < 4.78 is 12.0. The minimum absolute atomic E-state index is 0.231. The molecule has 3 rings (SSSR count). The van der Waals surface area contributed by atoms with E-state index in [-0.39, 0.29) is 6.04 Å². The molecule has 0 aromatic heterocycles. The zero-order chi connectivity index (χ0) is 14.8. The molecule has 0 radical (unpaired) electrons. The van der Waals surface area contributed by atoms with E-state index in [2.05, 4.69) is 21.4 Å². The number of halogens is 2. The van der Waals surface area contributed by atoms with Crippen molar-refractivity contribution in [3.05, 3.63) is 57.0 Å². The van der Waals surface area contributed by atoms with Crippen LogP contribution in [0.25, 0.3) is 0 Å². The maximum Gasteiger partial charge on any atom is 0.161 e. The van der Waals surface area contributed by atoms with E-state index < -0.39 is 0 Å². The number of hydrogen-bond donors (Lipinski definition) is 2. The van der Waals surface area contributed by atoms with Crippen LogP contribution in [0.1, 0.15) is 17.2 Å². The molecule has 0 fully saturated rings. The molecule has 0 saturated heterocycles. The second kappa shape index (κ2) is 6.23. The van der Waals surface area contributed by atoms with Crippen molar-refractivity contribution in [2.24, 2.45) is 5.84 Å². The first-order chi connectivity index (χ1) is 10.2. The number of benzene rings is 2. The Morgan fingerprint density at radius 1 is 1.14 bits per heavy atom. The Balaban J connectivity index is 2.02. The van der Waals surface area contributed by atoms with Crippen LogP contribution in [0.15, 0.2) is 40.9 Å². The first-order valence-corrected chi connectivity index (χ1v) is 7.67. The van der Waals surface area contributed by atoms with Crippen LogP contribution in [0.3, 0.4) is 0 Å². The van der Waals surface area contributed by atoms with E-state index in [1.54, 1.807) is 0 Å². The van der Waals surface area contributed by atoms with Crippen molar-refractivity contribution in [1.82, 2.24) is 5.43 Å². The molecule has 3 N–H and O–H groups in total. The predicted molar refractivity (Wildman–Crippen MR) is 85.8 cm³/mol. The summed E-state index contributed by atoms with van der Waals surface area (Å²) in [5, 5.41) is 0.635. The van der Waals surface area contributed by atoms with Crippen molar-refractivity contribution in [1.29, 1.82) is 0 Å². The van der Waals surface area contributed by atoms with Gasteiger partial charge in [0.2, 0.25) is 0 Å². The van der Waals surface area contributed by atoms with Gasteiger partial charge in [-0.25, -0.2) is 5.43 Å². The van der Waals surface area contributed by atoms with Gasteiger partial charge in [-0.05, 0) is 45.3 Å². The third-order valence-electron chi connectivity index (χ3n) is 3.36.